The number of benzene rings is 1. The van der Waals surface area contributed by atoms with E-state index in [0.29, 0.717) is 5.56 Å². The summed E-state index contributed by atoms with van der Waals surface area (Å²) in [4.78, 5) is 26.0. The van der Waals surface area contributed by atoms with E-state index in [4.69, 9.17) is 0 Å². The summed E-state index contributed by atoms with van der Waals surface area (Å²) in [6.45, 7) is 1.80. The van der Waals surface area contributed by atoms with E-state index < -0.39 is 5.54 Å². The van der Waals surface area contributed by atoms with Gasteiger partial charge in [-0.2, -0.15) is 0 Å². The number of ketones is 1. The summed E-state index contributed by atoms with van der Waals surface area (Å²) in [5.41, 5.74) is 0.904. The highest BCUT2D eigenvalue weighted by Crippen LogP contribution is 2.53. The molecule has 1 amide bonds. The number of para-hydroxylation sites is 1. The minimum Gasteiger partial charge on any atom is -0.297 e. The van der Waals surface area contributed by atoms with Gasteiger partial charge in [0, 0.05) is 5.56 Å². The lowest BCUT2D eigenvalue weighted by atomic mass is 10.1. The van der Waals surface area contributed by atoms with Crippen molar-refractivity contribution < 1.29 is 9.59 Å². The number of halogens is 1. The van der Waals surface area contributed by atoms with Gasteiger partial charge in [0.25, 0.3) is 0 Å². The van der Waals surface area contributed by atoms with Crippen molar-refractivity contribution in [3.63, 3.8) is 0 Å². The molecule has 4 heteroatoms. The van der Waals surface area contributed by atoms with E-state index in [1.165, 1.54) is 0 Å². The van der Waals surface area contributed by atoms with Crippen LogP contribution in [0.15, 0.2) is 24.3 Å². The molecule has 0 aromatic heterocycles. The topological polar surface area (TPSA) is 37.4 Å². The summed E-state index contributed by atoms with van der Waals surface area (Å²) in [6, 6.07) is 7.38. The third-order valence-electron chi connectivity index (χ3n) is 3.52. The SMILES string of the molecule is CC(Br)C(=O)N1c2ccccc2C(=O)C12CC2. The highest BCUT2D eigenvalue weighted by atomic mass is 79.9. The fourth-order valence-corrected chi connectivity index (χ4v) is 2.72. The molecule has 1 heterocycles. The van der Waals surface area contributed by atoms with Crippen LogP contribution in [0.5, 0.6) is 0 Å². The normalized spacial score (nSPS) is 21.5. The highest BCUT2D eigenvalue weighted by Gasteiger charge is 2.61. The van der Waals surface area contributed by atoms with E-state index in [0.717, 1.165) is 18.5 Å². The third-order valence-corrected chi connectivity index (χ3v) is 3.92. The number of rotatable bonds is 1. The van der Waals surface area contributed by atoms with Gasteiger partial charge in [0.2, 0.25) is 5.91 Å². The first-order chi connectivity index (χ1) is 8.08. The van der Waals surface area contributed by atoms with Crippen molar-refractivity contribution in [3.8, 4) is 0 Å². The predicted octanol–water partition coefficient (Wildman–Crippen LogP) is 2.53. The predicted molar refractivity (Wildman–Crippen MR) is 68.6 cm³/mol. The molecule has 0 bridgehead atoms. The largest absolute Gasteiger partial charge is 0.297 e. The summed E-state index contributed by atoms with van der Waals surface area (Å²) >= 11 is 3.30. The number of amides is 1. The molecule has 1 saturated carbocycles. The molecule has 3 nitrogen and oxygen atoms in total. The van der Waals surface area contributed by atoms with Crippen LogP contribution in [0.25, 0.3) is 0 Å². The van der Waals surface area contributed by atoms with Crippen molar-refractivity contribution in [2.45, 2.75) is 30.1 Å². The van der Waals surface area contributed by atoms with Gasteiger partial charge < -0.3 is 0 Å². The Bertz CT molecular complexity index is 520. The Balaban J connectivity index is 2.14. The van der Waals surface area contributed by atoms with Gasteiger partial charge >= 0.3 is 0 Å². The lowest BCUT2D eigenvalue weighted by molar-refractivity contribution is -0.118. The van der Waals surface area contributed by atoms with Gasteiger partial charge in [-0.3, -0.25) is 14.5 Å². The molecule has 1 spiro atoms. The number of carbonyl (C=O) groups is 2. The number of Topliss-reactive ketones (excluding diaryl/α,β-unsaturated/α-hetero) is 1. The summed E-state index contributed by atoms with van der Waals surface area (Å²) < 4.78 is 0. The zero-order valence-electron chi connectivity index (χ0n) is 9.44. The molecule has 17 heavy (non-hydrogen) atoms. The van der Waals surface area contributed by atoms with Gasteiger partial charge in [0.1, 0.15) is 5.54 Å². The number of nitrogens with zero attached hydrogens (tertiary/aromatic N) is 1. The molecule has 1 aromatic carbocycles. The van der Waals surface area contributed by atoms with Crippen molar-refractivity contribution in [1.82, 2.24) is 0 Å². The third kappa shape index (κ3) is 1.33. The minimum atomic E-state index is -0.553. The monoisotopic (exact) mass is 293 g/mol. The second-order valence-corrected chi connectivity index (χ2v) is 6.04. The fourth-order valence-electron chi connectivity index (χ4n) is 2.52. The molecule has 3 rings (SSSR count). The Morgan fingerprint density at radius 2 is 2.06 bits per heavy atom. The van der Waals surface area contributed by atoms with Crippen LogP contribution in [-0.4, -0.2) is 22.1 Å². The molecule has 1 unspecified atom stereocenters. The molecule has 0 radical (unpaired) electrons. The van der Waals surface area contributed by atoms with E-state index in [9.17, 15) is 9.59 Å². The Labute approximate surface area is 108 Å². The quantitative estimate of drug-likeness (QED) is 0.746. The molecule has 1 atom stereocenters. The molecule has 1 aromatic rings. The van der Waals surface area contributed by atoms with Crippen molar-refractivity contribution in [2.75, 3.05) is 4.90 Å². The zero-order chi connectivity index (χ0) is 12.2. The molecule has 1 aliphatic heterocycles. The van der Waals surface area contributed by atoms with E-state index in [-0.39, 0.29) is 16.5 Å². The van der Waals surface area contributed by atoms with Crippen molar-refractivity contribution in [2.24, 2.45) is 0 Å². The fraction of sp³-hybridized carbons (Fsp3) is 0.385. The van der Waals surface area contributed by atoms with Crippen LogP contribution in [0.4, 0.5) is 5.69 Å². The highest BCUT2D eigenvalue weighted by molar-refractivity contribution is 9.10. The maximum Gasteiger partial charge on any atom is 0.241 e. The Morgan fingerprint density at radius 1 is 1.41 bits per heavy atom. The minimum absolute atomic E-state index is 0.0270. The van der Waals surface area contributed by atoms with Crippen LogP contribution in [0, 0.1) is 0 Å². The summed E-state index contributed by atoms with van der Waals surface area (Å²) in [7, 11) is 0. The van der Waals surface area contributed by atoms with E-state index in [1.807, 2.05) is 24.3 Å². The van der Waals surface area contributed by atoms with Gasteiger partial charge in [0.15, 0.2) is 5.78 Å². The zero-order valence-corrected chi connectivity index (χ0v) is 11.0. The molecule has 2 aliphatic rings. The van der Waals surface area contributed by atoms with Gasteiger partial charge in [-0.15, -0.1) is 0 Å². The molecular weight excluding hydrogens is 282 g/mol. The van der Waals surface area contributed by atoms with Gasteiger partial charge in [-0.05, 0) is 31.9 Å². The number of anilines is 1. The first-order valence-corrected chi connectivity index (χ1v) is 6.61. The van der Waals surface area contributed by atoms with Gasteiger partial charge in [-0.1, -0.05) is 28.1 Å². The first-order valence-electron chi connectivity index (χ1n) is 5.70. The number of fused-ring (bicyclic) bond motifs is 1. The molecule has 1 fully saturated rings. The lowest BCUT2D eigenvalue weighted by Gasteiger charge is -2.25. The number of alkyl halides is 1. The molecular formula is C13H12BrNO2. The molecule has 0 N–H and O–H groups in total. The van der Waals surface area contributed by atoms with Crippen LogP contribution in [0.2, 0.25) is 0 Å². The lowest BCUT2D eigenvalue weighted by Crippen LogP contribution is -2.45. The maximum atomic E-state index is 12.3. The summed E-state index contributed by atoms with van der Waals surface area (Å²) in [6.07, 6.45) is 1.57. The van der Waals surface area contributed by atoms with Crippen molar-refractivity contribution >= 4 is 33.3 Å². The Hall–Kier alpha value is -1.16. The number of hydrogen-bond donors (Lipinski definition) is 0. The number of hydrogen-bond acceptors (Lipinski definition) is 2. The molecule has 1 aliphatic carbocycles. The second-order valence-electron chi connectivity index (χ2n) is 4.67. The van der Waals surface area contributed by atoms with Crippen LogP contribution >= 0.6 is 15.9 Å². The molecule has 88 valence electrons. The van der Waals surface area contributed by atoms with Crippen LogP contribution in [-0.2, 0) is 4.79 Å². The Morgan fingerprint density at radius 3 is 2.65 bits per heavy atom. The smallest absolute Gasteiger partial charge is 0.241 e. The van der Waals surface area contributed by atoms with Gasteiger partial charge in [0.05, 0.1) is 10.5 Å². The van der Waals surface area contributed by atoms with Crippen LogP contribution in [0.1, 0.15) is 30.1 Å². The Kier molecular flexibility index (Phi) is 2.20. The van der Waals surface area contributed by atoms with E-state index in [1.54, 1.807) is 11.8 Å². The van der Waals surface area contributed by atoms with Crippen molar-refractivity contribution in [1.29, 1.82) is 0 Å². The van der Waals surface area contributed by atoms with E-state index >= 15 is 0 Å². The van der Waals surface area contributed by atoms with Crippen LogP contribution in [0.3, 0.4) is 0 Å². The number of carbonyl (C=O) groups excluding carboxylic acids is 2. The summed E-state index contributed by atoms with van der Waals surface area (Å²) in [5.74, 6) is 0.0791. The average molecular weight is 294 g/mol. The second kappa shape index (κ2) is 3.42. The average Bonchev–Trinajstić information content (AvgIpc) is 3.05. The van der Waals surface area contributed by atoms with Crippen LogP contribution < -0.4 is 4.90 Å². The van der Waals surface area contributed by atoms with E-state index in [2.05, 4.69) is 15.9 Å². The van der Waals surface area contributed by atoms with Crippen molar-refractivity contribution in [3.05, 3.63) is 29.8 Å². The summed E-state index contributed by atoms with van der Waals surface area (Å²) in [5, 5.41) is 0. The molecule has 0 saturated heterocycles. The van der Waals surface area contributed by atoms with Gasteiger partial charge in [-0.25, -0.2) is 0 Å². The first kappa shape index (κ1) is 11.0. The standard InChI is InChI=1S/C13H12BrNO2/c1-8(14)12(17)15-10-5-3-2-4-9(10)11(16)13(15)6-7-13/h2-5,8H,6-7H2,1H3. The maximum absolute atomic E-state index is 12.3.